The van der Waals surface area contributed by atoms with Crippen LogP contribution in [0.5, 0.6) is 5.75 Å². The maximum absolute atomic E-state index is 11.7. The molecule has 0 saturated heterocycles. The Morgan fingerprint density at radius 3 is 2.53 bits per heavy atom. The van der Waals surface area contributed by atoms with E-state index in [-0.39, 0.29) is 6.04 Å². The normalized spacial score (nSPS) is 14.3. The highest BCUT2D eigenvalue weighted by molar-refractivity contribution is 7.85. The van der Waals surface area contributed by atoms with E-state index >= 15 is 0 Å². The smallest absolute Gasteiger partial charge is 0.118 e. The van der Waals surface area contributed by atoms with Gasteiger partial charge in [-0.2, -0.15) is 0 Å². The number of benzene rings is 1. The summed E-state index contributed by atoms with van der Waals surface area (Å²) in [4.78, 5) is 0. The van der Waals surface area contributed by atoms with Gasteiger partial charge in [-0.3, -0.25) is 4.21 Å². The maximum Gasteiger partial charge on any atom is 0.118 e. The highest BCUT2D eigenvalue weighted by Crippen LogP contribution is 2.11. The standard InChI is InChI=1S/C13H21NO2S/c1-3-12(14)10-17(15)9-8-11-4-6-13(16-2)7-5-11/h4-7,12H,3,8-10,14H2,1-2H3. The largest absolute Gasteiger partial charge is 0.497 e. The van der Waals surface area contributed by atoms with Crippen molar-refractivity contribution < 1.29 is 8.95 Å². The highest BCUT2D eigenvalue weighted by Gasteiger charge is 2.06. The summed E-state index contributed by atoms with van der Waals surface area (Å²) < 4.78 is 16.8. The average Bonchev–Trinajstić information content (AvgIpc) is 2.36. The van der Waals surface area contributed by atoms with Crippen LogP contribution in [0.3, 0.4) is 0 Å². The van der Waals surface area contributed by atoms with Gasteiger partial charge in [0.15, 0.2) is 0 Å². The van der Waals surface area contributed by atoms with Crippen LogP contribution in [0.4, 0.5) is 0 Å². The molecule has 0 fully saturated rings. The molecule has 4 heteroatoms. The number of rotatable bonds is 7. The van der Waals surface area contributed by atoms with E-state index in [4.69, 9.17) is 10.5 Å². The Morgan fingerprint density at radius 2 is 2.00 bits per heavy atom. The van der Waals surface area contributed by atoms with E-state index in [0.717, 1.165) is 18.6 Å². The molecule has 0 amide bonds. The van der Waals surface area contributed by atoms with E-state index in [2.05, 4.69) is 0 Å². The molecule has 0 radical (unpaired) electrons. The zero-order valence-electron chi connectivity index (χ0n) is 10.5. The molecular weight excluding hydrogens is 234 g/mol. The zero-order chi connectivity index (χ0) is 12.7. The highest BCUT2D eigenvalue weighted by atomic mass is 32.2. The number of hydrogen-bond acceptors (Lipinski definition) is 3. The van der Waals surface area contributed by atoms with Crippen LogP contribution in [0.1, 0.15) is 18.9 Å². The van der Waals surface area contributed by atoms with Crippen molar-refractivity contribution in [3.05, 3.63) is 29.8 Å². The molecule has 2 N–H and O–H groups in total. The van der Waals surface area contributed by atoms with Crippen molar-refractivity contribution in [1.29, 1.82) is 0 Å². The summed E-state index contributed by atoms with van der Waals surface area (Å²) >= 11 is 0. The summed E-state index contributed by atoms with van der Waals surface area (Å²) in [5.41, 5.74) is 6.96. The number of methoxy groups -OCH3 is 1. The fourth-order valence-electron chi connectivity index (χ4n) is 1.46. The second-order valence-electron chi connectivity index (χ2n) is 4.08. The summed E-state index contributed by atoms with van der Waals surface area (Å²) in [6.45, 7) is 2.02. The van der Waals surface area contributed by atoms with Gasteiger partial charge < -0.3 is 10.5 Å². The Kier molecular flexibility index (Phi) is 6.22. The molecule has 1 aromatic rings. The van der Waals surface area contributed by atoms with Crippen LogP contribution in [0, 0.1) is 0 Å². The Morgan fingerprint density at radius 1 is 1.35 bits per heavy atom. The van der Waals surface area contributed by atoms with Gasteiger partial charge in [-0.25, -0.2) is 0 Å². The van der Waals surface area contributed by atoms with E-state index in [9.17, 15) is 4.21 Å². The molecule has 0 heterocycles. The minimum atomic E-state index is -0.814. The molecule has 0 aliphatic heterocycles. The van der Waals surface area contributed by atoms with Gasteiger partial charge in [0.25, 0.3) is 0 Å². The van der Waals surface area contributed by atoms with Gasteiger partial charge in [0.05, 0.1) is 7.11 Å². The Hall–Kier alpha value is -0.870. The van der Waals surface area contributed by atoms with Crippen molar-refractivity contribution in [3.8, 4) is 5.75 Å². The fraction of sp³-hybridized carbons (Fsp3) is 0.538. The first-order chi connectivity index (χ1) is 8.15. The quantitative estimate of drug-likeness (QED) is 0.807. The predicted octanol–water partition coefficient (Wildman–Crippen LogP) is 1.72. The van der Waals surface area contributed by atoms with Gasteiger partial charge in [0.1, 0.15) is 5.75 Å². The van der Waals surface area contributed by atoms with E-state index in [1.165, 1.54) is 5.56 Å². The van der Waals surface area contributed by atoms with Gasteiger partial charge in [-0.05, 0) is 30.5 Å². The van der Waals surface area contributed by atoms with Gasteiger partial charge in [0, 0.05) is 28.3 Å². The maximum atomic E-state index is 11.7. The van der Waals surface area contributed by atoms with Crippen LogP contribution in [0.25, 0.3) is 0 Å². The molecule has 0 aromatic heterocycles. The molecular formula is C13H21NO2S. The Bertz CT molecular complexity index is 351. The number of ether oxygens (including phenoxy) is 1. The Balaban J connectivity index is 2.36. The zero-order valence-corrected chi connectivity index (χ0v) is 11.3. The molecule has 3 nitrogen and oxygen atoms in total. The molecule has 2 atom stereocenters. The van der Waals surface area contributed by atoms with Gasteiger partial charge >= 0.3 is 0 Å². The molecule has 1 aromatic carbocycles. The molecule has 1 rings (SSSR count). The van der Waals surface area contributed by atoms with Crippen LogP contribution < -0.4 is 10.5 Å². The summed E-state index contributed by atoms with van der Waals surface area (Å²) in [5, 5.41) is 0. The summed E-state index contributed by atoms with van der Waals surface area (Å²) in [6, 6.07) is 7.93. The number of hydrogen-bond donors (Lipinski definition) is 1. The van der Waals surface area contributed by atoms with Crippen molar-refractivity contribution in [1.82, 2.24) is 0 Å². The number of aryl methyl sites for hydroxylation is 1. The second kappa shape index (κ2) is 7.45. The third-order valence-electron chi connectivity index (χ3n) is 2.70. The SMILES string of the molecule is CCC(N)CS(=O)CCc1ccc(OC)cc1. The summed E-state index contributed by atoms with van der Waals surface area (Å²) in [7, 11) is 0.835. The van der Waals surface area contributed by atoms with Crippen molar-refractivity contribution in [2.45, 2.75) is 25.8 Å². The van der Waals surface area contributed by atoms with Crippen molar-refractivity contribution >= 4 is 10.8 Å². The van der Waals surface area contributed by atoms with Crippen LogP contribution in [0.15, 0.2) is 24.3 Å². The minimum absolute atomic E-state index is 0.0618. The van der Waals surface area contributed by atoms with E-state index < -0.39 is 10.8 Å². The van der Waals surface area contributed by atoms with Crippen LogP contribution in [-0.2, 0) is 17.2 Å². The molecule has 17 heavy (non-hydrogen) atoms. The third-order valence-corrected chi connectivity index (χ3v) is 4.16. The number of nitrogens with two attached hydrogens (primary N) is 1. The fourth-order valence-corrected chi connectivity index (χ4v) is 2.81. The van der Waals surface area contributed by atoms with Crippen molar-refractivity contribution in [2.75, 3.05) is 18.6 Å². The molecule has 0 aliphatic carbocycles. The lowest BCUT2D eigenvalue weighted by Crippen LogP contribution is -2.27. The lowest BCUT2D eigenvalue weighted by atomic mass is 10.2. The summed E-state index contributed by atoms with van der Waals surface area (Å²) in [6.07, 6.45) is 1.71. The minimum Gasteiger partial charge on any atom is -0.497 e. The van der Waals surface area contributed by atoms with Gasteiger partial charge in [0.2, 0.25) is 0 Å². The van der Waals surface area contributed by atoms with Gasteiger partial charge in [-0.1, -0.05) is 19.1 Å². The third kappa shape index (κ3) is 5.33. The first kappa shape index (κ1) is 14.2. The van der Waals surface area contributed by atoms with E-state index in [1.54, 1.807) is 7.11 Å². The molecule has 0 spiro atoms. The molecule has 0 bridgehead atoms. The van der Waals surface area contributed by atoms with Crippen LogP contribution in [-0.4, -0.2) is 28.9 Å². The molecule has 2 unspecified atom stereocenters. The topological polar surface area (TPSA) is 52.3 Å². The lowest BCUT2D eigenvalue weighted by molar-refractivity contribution is 0.414. The Labute approximate surface area is 106 Å². The first-order valence-corrected chi connectivity index (χ1v) is 7.38. The van der Waals surface area contributed by atoms with Crippen LogP contribution >= 0.6 is 0 Å². The predicted molar refractivity (Wildman–Crippen MR) is 72.8 cm³/mol. The molecule has 0 aliphatic rings. The molecule has 0 saturated carbocycles. The van der Waals surface area contributed by atoms with Gasteiger partial charge in [-0.15, -0.1) is 0 Å². The first-order valence-electron chi connectivity index (χ1n) is 5.89. The van der Waals surface area contributed by atoms with Crippen molar-refractivity contribution in [2.24, 2.45) is 5.73 Å². The monoisotopic (exact) mass is 255 g/mol. The second-order valence-corrected chi connectivity index (χ2v) is 5.70. The lowest BCUT2D eigenvalue weighted by Gasteiger charge is -2.08. The van der Waals surface area contributed by atoms with E-state index in [1.807, 2.05) is 31.2 Å². The molecule has 96 valence electrons. The average molecular weight is 255 g/mol. The van der Waals surface area contributed by atoms with E-state index in [0.29, 0.717) is 11.5 Å². The van der Waals surface area contributed by atoms with Crippen molar-refractivity contribution in [3.63, 3.8) is 0 Å². The summed E-state index contributed by atoms with van der Waals surface area (Å²) in [5.74, 6) is 2.13. The van der Waals surface area contributed by atoms with Crippen LogP contribution in [0.2, 0.25) is 0 Å².